The van der Waals surface area contributed by atoms with Crippen LogP contribution in [0.1, 0.15) is 136 Å². The molecule has 1 aromatic heterocycles. The number of nitrogens with zero attached hydrogens (tertiary/aromatic N) is 3. The van der Waals surface area contributed by atoms with E-state index in [0.717, 1.165) is 11.4 Å². The van der Waals surface area contributed by atoms with E-state index in [1.54, 1.807) is 0 Å². The van der Waals surface area contributed by atoms with Crippen LogP contribution in [0.3, 0.4) is 0 Å². The van der Waals surface area contributed by atoms with Crippen LogP contribution in [-0.2, 0) is 27.1 Å². The van der Waals surface area contributed by atoms with Crippen molar-refractivity contribution in [2.75, 3.05) is 9.71 Å². The van der Waals surface area contributed by atoms with E-state index in [-0.39, 0.29) is 33.9 Å². The van der Waals surface area contributed by atoms with Crippen molar-refractivity contribution < 1.29 is 0 Å². The molecule has 0 N–H and O–H groups in total. The number of hydrogen-bond donors (Lipinski definition) is 0. The number of fused-ring (bicyclic) bond motifs is 8. The predicted molar refractivity (Wildman–Crippen MR) is 315 cm³/mol. The third kappa shape index (κ3) is 7.21. The summed E-state index contributed by atoms with van der Waals surface area (Å²) in [5, 5.41) is 2.54. The Morgan fingerprint density at radius 1 is 0.479 bits per heavy atom. The molecular weight excluding hydrogens is 882 g/mol. The molecule has 3 nitrogen and oxygen atoms in total. The van der Waals surface area contributed by atoms with E-state index < -0.39 is 0 Å². The zero-order valence-corrected chi connectivity index (χ0v) is 45.6. The van der Waals surface area contributed by atoms with Gasteiger partial charge in [0.05, 0.1) is 22.4 Å². The van der Waals surface area contributed by atoms with E-state index in [1.807, 2.05) is 0 Å². The van der Waals surface area contributed by atoms with Crippen LogP contribution >= 0.6 is 0 Å². The summed E-state index contributed by atoms with van der Waals surface area (Å²) in [5.74, 6) is 0. The van der Waals surface area contributed by atoms with Gasteiger partial charge in [-0.1, -0.05) is 212 Å². The van der Waals surface area contributed by atoms with Crippen LogP contribution in [0.5, 0.6) is 0 Å². The Morgan fingerprint density at radius 2 is 1.05 bits per heavy atom. The largest absolute Gasteiger partial charge is 0.379 e. The first kappa shape index (κ1) is 47.0. The zero-order valence-electron chi connectivity index (χ0n) is 45.6. The standard InChI is InChI=1S/C69H70BN3/c1-65(2,3)44-29-33-49(34-30-44)73-64-60(51-39-45(66(4,5)6)31-35-54(51)69(64,13)14)53-41-47(68(10,11)12)42-59-62(53)70(73)55-36-38-58(61-52-40-46(67(7,8)9)32-37-57(52)72(59)63(55)61)71(48-25-19-16-20-26-48)56-28-22-21-27-50(56)43-23-17-15-18-24-43/h15-42H,1-14H3. The van der Waals surface area contributed by atoms with Gasteiger partial charge in [0.1, 0.15) is 0 Å². The summed E-state index contributed by atoms with van der Waals surface area (Å²) < 4.78 is 2.69. The fourth-order valence-electron chi connectivity index (χ4n) is 12.5. The Balaban J connectivity index is 1.26. The normalized spacial score (nSPS) is 15.0. The molecule has 0 atom stereocenters. The van der Waals surface area contributed by atoms with Gasteiger partial charge in [-0.3, -0.25) is 0 Å². The van der Waals surface area contributed by atoms with Crippen molar-refractivity contribution in [2.24, 2.45) is 0 Å². The smallest absolute Gasteiger partial charge is 0.332 e. The second kappa shape index (κ2) is 16.0. The van der Waals surface area contributed by atoms with Gasteiger partial charge in [0.2, 0.25) is 0 Å². The van der Waals surface area contributed by atoms with Gasteiger partial charge in [0, 0.05) is 50.1 Å². The molecular formula is C69H70BN3. The Labute approximate surface area is 435 Å². The average Bonchev–Trinajstić information content (AvgIpc) is 3.82. The van der Waals surface area contributed by atoms with Gasteiger partial charge in [-0.05, 0) is 132 Å². The molecule has 0 fully saturated rings. The maximum atomic E-state index is 2.79. The summed E-state index contributed by atoms with van der Waals surface area (Å²) in [6, 6.07) is 65.4. The number of anilines is 4. The number of benzene rings is 8. The molecule has 0 amide bonds. The highest BCUT2D eigenvalue weighted by atomic mass is 15.2. The number of allylic oxidation sites excluding steroid dienone is 1. The van der Waals surface area contributed by atoms with Gasteiger partial charge in [0.15, 0.2) is 0 Å². The molecule has 364 valence electrons. The molecule has 0 saturated carbocycles. The fraction of sp³-hybridized carbons (Fsp3) is 0.275. The van der Waals surface area contributed by atoms with E-state index in [4.69, 9.17) is 0 Å². The summed E-state index contributed by atoms with van der Waals surface area (Å²) in [5.41, 5.74) is 25.3. The number of rotatable bonds is 5. The van der Waals surface area contributed by atoms with E-state index in [2.05, 4.69) is 281 Å². The zero-order chi connectivity index (χ0) is 51.3. The predicted octanol–water partition coefficient (Wildman–Crippen LogP) is 17.1. The van der Waals surface area contributed by atoms with Gasteiger partial charge in [0.25, 0.3) is 0 Å². The molecule has 0 bridgehead atoms. The molecule has 0 spiro atoms. The monoisotopic (exact) mass is 952 g/mol. The average molecular weight is 952 g/mol. The first-order valence-corrected chi connectivity index (χ1v) is 26.6. The quantitative estimate of drug-likeness (QED) is 0.159. The Bertz CT molecular complexity index is 3730. The van der Waals surface area contributed by atoms with Crippen molar-refractivity contribution >= 4 is 67.9 Å². The van der Waals surface area contributed by atoms with Crippen LogP contribution in [0.2, 0.25) is 0 Å². The lowest BCUT2D eigenvalue weighted by Gasteiger charge is -2.46. The molecule has 4 heteroatoms. The Hall–Kier alpha value is -7.04. The van der Waals surface area contributed by atoms with Crippen LogP contribution in [0.25, 0.3) is 44.2 Å². The van der Waals surface area contributed by atoms with E-state index in [1.165, 1.54) is 111 Å². The van der Waals surface area contributed by atoms with Gasteiger partial charge < -0.3 is 14.3 Å². The highest BCUT2D eigenvalue weighted by Gasteiger charge is 2.52. The highest BCUT2D eigenvalue weighted by Crippen LogP contribution is 2.56. The minimum atomic E-state index is -0.310. The summed E-state index contributed by atoms with van der Waals surface area (Å²) in [6.45, 7) is 33.1. The van der Waals surface area contributed by atoms with Crippen molar-refractivity contribution in [3.05, 3.63) is 214 Å². The molecule has 73 heavy (non-hydrogen) atoms. The third-order valence-corrected chi connectivity index (χ3v) is 16.5. The van der Waals surface area contributed by atoms with Gasteiger partial charge >= 0.3 is 6.85 Å². The van der Waals surface area contributed by atoms with Crippen LogP contribution in [-0.4, -0.2) is 11.4 Å². The van der Waals surface area contributed by atoms with Crippen molar-refractivity contribution in [1.29, 1.82) is 0 Å². The van der Waals surface area contributed by atoms with Crippen LogP contribution in [0.15, 0.2) is 176 Å². The van der Waals surface area contributed by atoms with E-state index in [0.29, 0.717) is 0 Å². The lowest BCUT2D eigenvalue weighted by Crippen LogP contribution is -2.63. The molecule has 3 aliphatic rings. The molecule has 0 unspecified atom stereocenters. The second-order valence-electron chi connectivity index (χ2n) is 25.9. The van der Waals surface area contributed by atoms with Gasteiger partial charge in [-0.25, -0.2) is 0 Å². The van der Waals surface area contributed by atoms with Crippen molar-refractivity contribution in [2.45, 2.75) is 124 Å². The van der Waals surface area contributed by atoms with Gasteiger partial charge in [-0.15, -0.1) is 0 Å². The summed E-state index contributed by atoms with van der Waals surface area (Å²) in [7, 11) is 0. The highest BCUT2D eigenvalue weighted by molar-refractivity contribution is 6.92. The lowest BCUT2D eigenvalue weighted by atomic mass is 9.43. The molecule has 9 aromatic rings. The summed E-state index contributed by atoms with van der Waals surface area (Å²) >= 11 is 0. The molecule has 0 radical (unpaired) electrons. The maximum Gasteiger partial charge on any atom is 0.332 e. The van der Waals surface area contributed by atoms with E-state index in [9.17, 15) is 0 Å². The molecule has 12 rings (SSSR count). The Kier molecular flexibility index (Phi) is 10.3. The summed E-state index contributed by atoms with van der Waals surface area (Å²) in [6.07, 6.45) is 0. The molecule has 2 aliphatic heterocycles. The van der Waals surface area contributed by atoms with Crippen molar-refractivity contribution in [3.63, 3.8) is 0 Å². The topological polar surface area (TPSA) is 11.4 Å². The Morgan fingerprint density at radius 3 is 1.71 bits per heavy atom. The first-order valence-electron chi connectivity index (χ1n) is 26.6. The van der Waals surface area contributed by atoms with Crippen LogP contribution in [0, 0.1) is 0 Å². The third-order valence-electron chi connectivity index (χ3n) is 16.5. The van der Waals surface area contributed by atoms with E-state index >= 15 is 0 Å². The maximum absolute atomic E-state index is 2.79. The summed E-state index contributed by atoms with van der Waals surface area (Å²) in [4.78, 5) is 5.33. The first-order chi connectivity index (χ1) is 34.5. The fourth-order valence-corrected chi connectivity index (χ4v) is 12.5. The molecule has 3 heterocycles. The minimum absolute atomic E-state index is 0.0116. The lowest BCUT2D eigenvalue weighted by molar-refractivity contribution is 0.587. The van der Waals surface area contributed by atoms with Gasteiger partial charge in [-0.2, -0.15) is 0 Å². The number of para-hydroxylation sites is 2. The van der Waals surface area contributed by atoms with Crippen LogP contribution < -0.4 is 20.6 Å². The minimum Gasteiger partial charge on any atom is -0.379 e. The van der Waals surface area contributed by atoms with Crippen molar-refractivity contribution in [3.8, 4) is 16.8 Å². The molecule has 8 aromatic carbocycles. The number of aromatic nitrogens is 1. The molecule has 0 saturated heterocycles. The number of hydrogen-bond acceptors (Lipinski definition) is 2. The SMILES string of the molecule is CC(C)(C)c1ccc(N2B3c4c(cc(C(C)(C)C)cc4-n4c5ccc(C(C)(C)C)cc5c5c(N(c6ccccc6)c6ccccc6-c6ccccc6)ccc3c54)C3=C2C(C)(C)c2ccc(C(C)(C)C)cc23)cc1. The second-order valence-corrected chi connectivity index (χ2v) is 25.9. The van der Waals surface area contributed by atoms with Crippen molar-refractivity contribution in [1.82, 2.24) is 4.57 Å². The molecule has 1 aliphatic carbocycles. The van der Waals surface area contributed by atoms with Crippen LogP contribution in [0.4, 0.5) is 22.7 Å².